The molecule has 0 aliphatic carbocycles. The van der Waals surface area contributed by atoms with Gasteiger partial charge in [-0.1, -0.05) is 36.7 Å². The maximum atomic E-state index is 12.7. The van der Waals surface area contributed by atoms with Crippen molar-refractivity contribution in [3.63, 3.8) is 0 Å². The Bertz CT molecular complexity index is 1150. The molecule has 1 N–H and O–H groups in total. The third kappa shape index (κ3) is 3.93. The normalized spacial score (nSPS) is 19.2. The summed E-state index contributed by atoms with van der Waals surface area (Å²) in [4.78, 5) is 12.2. The van der Waals surface area contributed by atoms with Crippen molar-refractivity contribution in [2.45, 2.75) is 25.3 Å². The van der Waals surface area contributed by atoms with E-state index in [1.54, 1.807) is 38.1 Å². The van der Waals surface area contributed by atoms with Crippen LogP contribution in [0, 0.1) is 12.8 Å². The lowest BCUT2D eigenvalue weighted by Crippen LogP contribution is -2.30. The summed E-state index contributed by atoms with van der Waals surface area (Å²) in [6, 6.07) is 10.9. The summed E-state index contributed by atoms with van der Waals surface area (Å²) in [7, 11) is -7.61. The molecule has 3 rings (SSSR count). The predicted molar refractivity (Wildman–Crippen MR) is 107 cm³/mol. The van der Waals surface area contributed by atoms with Crippen LogP contribution in [0.15, 0.2) is 47.4 Å². The van der Waals surface area contributed by atoms with Gasteiger partial charge in [0.2, 0.25) is 26.0 Å². The lowest BCUT2D eigenvalue weighted by atomic mass is 10.2. The Morgan fingerprint density at radius 2 is 1.89 bits per heavy atom. The molecule has 0 radical (unpaired) electrons. The van der Waals surface area contributed by atoms with Gasteiger partial charge in [0.1, 0.15) is 0 Å². The monoisotopic (exact) mass is 442 g/mol. The van der Waals surface area contributed by atoms with Crippen LogP contribution < -0.4 is 9.03 Å². The van der Waals surface area contributed by atoms with Crippen molar-refractivity contribution in [1.29, 1.82) is 0 Å². The molecule has 1 aliphatic rings. The van der Waals surface area contributed by atoms with Crippen molar-refractivity contribution >= 4 is 43.2 Å². The van der Waals surface area contributed by atoms with Crippen molar-refractivity contribution < 1.29 is 21.6 Å². The first-order chi connectivity index (χ1) is 13.0. The molecule has 0 aromatic heterocycles. The minimum Gasteiger partial charge on any atom is -0.273 e. The fourth-order valence-corrected chi connectivity index (χ4v) is 6.29. The highest BCUT2D eigenvalue weighted by atomic mass is 35.5. The Kier molecular flexibility index (Phi) is 5.55. The van der Waals surface area contributed by atoms with E-state index in [1.165, 1.54) is 18.2 Å². The van der Waals surface area contributed by atoms with Gasteiger partial charge >= 0.3 is 0 Å². The number of hydrogen-bond acceptors (Lipinski definition) is 5. The number of nitrogens with zero attached hydrogens (tertiary/aromatic N) is 1. The van der Waals surface area contributed by atoms with Gasteiger partial charge in [0.05, 0.1) is 22.3 Å². The molecule has 0 saturated carbocycles. The maximum absolute atomic E-state index is 12.7. The molecule has 1 amide bonds. The molecule has 150 valence electrons. The van der Waals surface area contributed by atoms with Gasteiger partial charge < -0.3 is 0 Å². The summed E-state index contributed by atoms with van der Waals surface area (Å²) >= 11 is 6.05. The summed E-state index contributed by atoms with van der Waals surface area (Å²) in [6.45, 7) is 3.11. The molecule has 2 aromatic rings. The van der Waals surface area contributed by atoms with E-state index < -0.39 is 31.9 Å². The molecule has 1 saturated heterocycles. The molecule has 1 aliphatic heterocycles. The Morgan fingerprint density at radius 1 is 1.21 bits per heavy atom. The molecule has 1 heterocycles. The maximum Gasteiger partial charge on any atom is 0.244 e. The zero-order valence-electron chi connectivity index (χ0n) is 15.2. The van der Waals surface area contributed by atoms with Crippen LogP contribution in [0.25, 0.3) is 0 Å². The number of halogens is 1. The van der Waals surface area contributed by atoms with Crippen molar-refractivity contribution in [2.24, 2.45) is 5.92 Å². The number of carbonyl (C=O) groups excluding carboxylic acids is 1. The Hall–Kier alpha value is -1.94. The van der Waals surface area contributed by atoms with Gasteiger partial charge in [0, 0.05) is 11.6 Å². The van der Waals surface area contributed by atoms with Crippen molar-refractivity contribution in [1.82, 2.24) is 4.72 Å². The van der Waals surface area contributed by atoms with Crippen LogP contribution in [0.3, 0.4) is 0 Å². The second-order valence-electron chi connectivity index (χ2n) is 6.65. The molecule has 1 unspecified atom stereocenters. The number of aryl methyl sites for hydroxylation is 1. The van der Waals surface area contributed by atoms with Crippen LogP contribution in [-0.2, 0) is 31.4 Å². The molecule has 0 bridgehead atoms. The van der Waals surface area contributed by atoms with E-state index in [9.17, 15) is 21.6 Å². The van der Waals surface area contributed by atoms with Crippen LogP contribution in [-0.4, -0.2) is 28.5 Å². The van der Waals surface area contributed by atoms with Crippen LogP contribution in [0.2, 0.25) is 5.02 Å². The van der Waals surface area contributed by atoms with Gasteiger partial charge in [0.15, 0.2) is 0 Å². The Morgan fingerprint density at radius 3 is 2.46 bits per heavy atom. The molecule has 1 fully saturated rings. The van der Waals surface area contributed by atoms with Crippen molar-refractivity contribution in [3.8, 4) is 0 Å². The van der Waals surface area contributed by atoms with E-state index >= 15 is 0 Å². The predicted octanol–water partition coefficient (Wildman–Crippen LogP) is 2.44. The van der Waals surface area contributed by atoms with E-state index in [-0.39, 0.29) is 22.9 Å². The molecule has 10 heteroatoms. The van der Waals surface area contributed by atoms with E-state index in [0.29, 0.717) is 16.1 Å². The fraction of sp³-hybridized carbons (Fsp3) is 0.278. The largest absolute Gasteiger partial charge is 0.273 e. The van der Waals surface area contributed by atoms with E-state index in [0.717, 1.165) is 4.31 Å². The van der Waals surface area contributed by atoms with Gasteiger partial charge in [-0.3, -0.25) is 4.79 Å². The third-order valence-corrected chi connectivity index (χ3v) is 8.25. The van der Waals surface area contributed by atoms with Gasteiger partial charge in [-0.05, 0) is 42.3 Å². The first-order valence-electron chi connectivity index (χ1n) is 8.43. The molecular formula is C18H19ClN2O5S2. The summed E-state index contributed by atoms with van der Waals surface area (Å²) in [5.41, 5.74) is 1.09. The first-order valence-corrected chi connectivity index (χ1v) is 11.9. The van der Waals surface area contributed by atoms with Gasteiger partial charge in [0.25, 0.3) is 0 Å². The molecule has 28 heavy (non-hydrogen) atoms. The molecule has 7 nitrogen and oxygen atoms in total. The van der Waals surface area contributed by atoms with E-state index in [4.69, 9.17) is 11.6 Å². The first kappa shape index (κ1) is 20.8. The van der Waals surface area contributed by atoms with Crippen molar-refractivity contribution in [2.75, 3.05) is 10.1 Å². The van der Waals surface area contributed by atoms with E-state index in [2.05, 4.69) is 4.72 Å². The number of anilines is 1. The minimum atomic E-state index is -3.86. The molecule has 2 aromatic carbocycles. The van der Waals surface area contributed by atoms with Crippen LogP contribution in [0.1, 0.15) is 18.1 Å². The second kappa shape index (κ2) is 7.47. The smallest absolute Gasteiger partial charge is 0.244 e. The number of amides is 1. The zero-order valence-corrected chi connectivity index (χ0v) is 17.6. The van der Waals surface area contributed by atoms with Crippen LogP contribution in [0.5, 0.6) is 0 Å². The Balaban J connectivity index is 1.88. The average Bonchev–Trinajstić information content (AvgIpc) is 2.81. The van der Waals surface area contributed by atoms with Gasteiger partial charge in [-0.2, -0.15) is 0 Å². The quantitative estimate of drug-likeness (QED) is 0.766. The summed E-state index contributed by atoms with van der Waals surface area (Å²) in [5.74, 6) is -1.41. The van der Waals surface area contributed by atoms with Crippen LogP contribution >= 0.6 is 11.6 Å². The lowest BCUT2D eigenvalue weighted by molar-refractivity contribution is -0.119. The van der Waals surface area contributed by atoms with Crippen LogP contribution in [0.4, 0.5) is 5.69 Å². The Labute approximate surface area is 169 Å². The zero-order chi connectivity index (χ0) is 20.7. The number of hydrogen-bond donors (Lipinski definition) is 1. The number of carbonyl (C=O) groups is 1. The lowest BCUT2D eigenvalue weighted by Gasteiger charge is -2.17. The summed E-state index contributed by atoms with van der Waals surface area (Å²) in [6.07, 6.45) is 0. The SMILES string of the molecule is Cc1cc(N2C(=O)C(C)CS2(=O)=O)ccc1S(=O)(=O)NCc1ccccc1Cl. The topological polar surface area (TPSA) is 101 Å². The van der Waals surface area contributed by atoms with E-state index in [1.807, 2.05) is 0 Å². The average molecular weight is 443 g/mol. The standard InChI is InChI=1S/C18H19ClN2O5S2/c1-12-9-15(21-18(22)13(2)11-27(21,23)24)7-8-17(12)28(25,26)20-10-14-5-3-4-6-16(14)19/h3-9,13,20H,10-11H2,1-2H3. The third-order valence-electron chi connectivity index (χ3n) is 4.45. The summed E-state index contributed by atoms with van der Waals surface area (Å²) in [5, 5.41) is 0.448. The van der Waals surface area contributed by atoms with Gasteiger partial charge in [-0.25, -0.2) is 25.9 Å². The molecule has 1 atom stereocenters. The highest BCUT2D eigenvalue weighted by molar-refractivity contribution is 7.94. The van der Waals surface area contributed by atoms with Gasteiger partial charge in [-0.15, -0.1) is 0 Å². The minimum absolute atomic E-state index is 0.000367. The highest BCUT2D eigenvalue weighted by Gasteiger charge is 2.42. The fourth-order valence-electron chi connectivity index (χ4n) is 3.04. The number of nitrogens with one attached hydrogen (secondary N) is 1. The highest BCUT2D eigenvalue weighted by Crippen LogP contribution is 2.30. The number of sulfonamides is 2. The number of benzene rings is 2. The molecular weight excluding hydrogens is 424 g/mol. The summed E-state index contributed by atoms with van der Waals surface area (Å²) < 4.78 is 53.0. The number of rotatable bonds is 5. The second-order valence-corrected chi connectivity index (χ2v) is 10.7. The molecule has 0 spiro atoms. The van der Waals surface area contributed by atoms with Crippen molar-refractivity contribution in [3.05, 3.63) is 58.6 Å².